The highest BCUT2D eigenvalue weighted by Gasteiger charge is 2.45. The number of carbonyl (C=O) groups excluding carboxylic acids is 2. The summed E-state index contributed by atoms with van der Waals surface area (Å²) in [5, 5.41) is 24.0. The van der Waals surface area contributed by atoms with Crippen LogP contribution in [0.2, 0.25) is 0 Å². The van der Waals surface area contributed by atoms with Crippen LogP contribution in [0.15, 0.2) is 36.7 Å². The highest BCUT2D eigenvalue weighted by molar-refractivity contribution is 5.88. The predicted molar refractivity (Wildman–Crippen MR) is 91.5 cm³/mol. The van der Waals surface area contributed by atoms with Gasteiger partial charge in [0.25, 0.3) is 5.91 Å². The summed E-state index contributed by atoms with van der Waals surface area (Å²) in [5.41, 5.74) is 5.99. The first-order chi connectivity index (χ1) is 13.5. The van der Waals surface area contributed by atoms with Crippen molar-refractivity contribution in [3.8, 4) is 0 Å². The van der Waals surface area contributed by atoms with E-state index in [-0.39, 0.29) is 25.6 Å². The van der Waals surface area contributed by atoms with Crippen LogP contribution < -0.4 is 5.73 Å². The van der Waals surface area contributed by atoms with Gasteiger partial charge in [-0.3, -0.25) is 4.79 Å². The van der Waals surface area contributed by atoms with Gasteiger partial charge in [-0.15, -0.1) is 5.10 Å². The van der Waals surface area contributed by atoms with Crippen molar-refractivity contribution in [1.29, 1.82) is 0 Å². The van der Waals surface area contributed by atoms with Crippen molar-refractivity contribution in [2.45, 2.75) is 31.1 Å². The number of ether oxygens (including phenoxy) is 3. The zero-order chi connectivity index (χ0) is 20.1. The van der Waals surface area contributed by atoms with Crippen LogP contribution in [-0.4, -0.2) is 68.4 Å². The molecule has 1 unspecified atom stereocenters. The topological polar surface area (TPSA) is 159 Å². The number of hydrogen-bond acceptors (Lipinski definition) is 9. The summed E-state index contributed by atoms with van der Waals surface area (Å²) in [6, 6.07) is 9.32. The number of rotatable bonds is 8. The monoisotopic (exact) mass is 392 g/mol. The van der Waals surface area contributed by atoms with E-state index in [1.807, 2.05) is 30.3 Å². The van der Waals surface area contributed by atoms with Gasteiger partial charge in [-0.1, -0.05) is 30.3 Å². The summed E-state index contributed by atoms with van der Waals surface area (Å²) >= 11 is 0. The van der Waals surface area contributed by atoms with Crippen molar-refractivity contribution < 1.29 is 34.0 Å². The molecule has 0 saturated carbocycles. The quantitative estimate of drug-likeness (QED) is 0.467. The molecule has 0 spiro atoms. The van der Waals surface area contributed by atoms with Crippen LogP contribution in [0.25, 0.3) is 0 Å². The Morgan fingerprint density at radius 2 is 1.96 bits per heavy atom. The minimum absolute atomic E-state index is 0.254. The van der Waals surface area contributed by atoms with E-state index in [1.165, 1.54) is 0 Å². The molecule has 1 aromatic carbocycles. The molecule has 1 aromatic heterocycles. The second-order valence-electron chi connectivity index (χ2n) is 6.12. The maximum Gasteiger partial charge on any atom is 0.332 e. The number of esters is 1. The van der Waals surface area contributed by atoms with Crippen LogP contribution in [0.5, 0.6) is 0 Å². The first-order valence-electron chi connectivity index (χ1n) is 8.45. The van der Waals surface area contributed by atoms with Crippen molar-refractivity contribution >= 4 is 11.9 Å². The number of primary amides is 1. The number of nitrogens with zero attached hydrogens (tertiary/aromatic N) is 3. The molecule has 11 heteroatoms. The van der Waals surface area contributed by atoms with Gasteiger partial charge in [-0.05, 0) is 5.56 Å². The average molecular weight is 392 g/mol. The molecule has 3 rings (SSSR count). The van der Waals surface area contributed by atoms with Gasteiger partial charge in [0.1, 0.15) is 37.9 Å². The summed E-state index contributed by atoms with van der Waals surface area (Å²) in [6.07, 6.45) is -3.63. The van der Waals surface area contributed by atoms with E-state index in [2.05, 4.69) is 10.1 Å². The fraction of sp³-hybridized carbons (Fsp3) is 0.412. The molecule has 1 amide bonds. The van der Waals surface area contributed by atoms with E-state index in [0.29, 0.717) is 0 Å². The molecule has 1 fully saturated rings. The fourth-order valence-corrected chi connectivity index (χ4v) is 2.64. The molecule has 4 N–H and O–H groups in total. The van der Waals surface area contributed by atoms with Gasteiger partial charge in [-0.25, -0.2) is 14.5 Å². The third-order valence-electron chi connectivity index (χ3n) is 4.07. The van der Waals surface area contributed by atoms with E-state index in [9.17, 15) is 19.8 Å². The van der Waals surface area contributed by atoms with Crippen LogP contribution in [0, 0.1) is 0 Å². The molecule has 4 atom stereocenters. The minimum Gasteiger partial charge on any atom is -0.461 e. The number of amides is 1. The van der Waals surface area contributed by atoms with Crippen molar-refractivity contribution in [2.24, 2.45) is 5.73 Å². The summed E-state index contributed by atoms with van der Waals surface area (Å²) in [7, 11) is 0. The summed E-state index contributed by atoms with van der Waals surface area (Å²) in [5.74, 6) is -1.73. The van der Waals surface area contributed by atoms with Crippen molar-refractivity contribution in [3.05, 3.63) is 48.0 Å². The van der Waals surface area contributed by atoms with Gasteiger partial charge in [0.15, 0.2) is 6.23 Å². The molecule has 11 nitrogen and oxygen atoms in total. The first-order valence-corrected chi connectivity index (χ1v) is 8.45. The molecule has 2 aromatic rings. The van der Waals surface area contributed by atoms with Gasteiger partial charge >= 0.3 is 5.97 Å². The molecule has 0 radical (unpaired) electrons. The van der Waals surface area contributed by atoms with Crippen LogP contribution in [0.1, 0.15) is 22.4 Å². The Morgan fingerprint density at radius 1 is 1.21 bits per heavy atom. The lowest BCUT2D eigenvalue weighted by Gasteiger charge is -2.14. The molecular formula is C17H20N4O7. The van der Waals surface area contributed by atoms with Crippen molar-refractivity contribution in [3.63, 3.8) is 0 Å². The van der Waals surface area contributed by atoms with Crippen LogP contribution in [0.3, 0.4) is 0 Å². The van der Waals surface area contributed by atoms with Crippen LogP contribution in [0.4, 0.5) is 0 Å². The largest absolute Gasteiger partial charge is 0.461 e. The molecule has 0 bridgehead atoms. The summed E-state index contributed by atoms with van der Waals surface area (Å²) in [6.45, 7) is -0.303. The van der Waals surface area contributed by atoms with E-state index in [1.54, 1.807) is 0 Å². The zero-order valence-corrected chi connectivity index (χ0v) is 14.7. The maximum atomic E-state index is 11.8. The molecule has 2 heterocycles. The minimum atomic E-state index is -1.36. The standard InChI is InChI=1S/C17H20N4O7/c18-15(25)16-19-9-21(20-16)17-14(24)13(23)11(28-17)7-27-12(22)8-26-6-10-4-2-1-3-5-10/h1-5,9,11,13-14,17,23-24H,6-8H2,(H2,18,25)/t11-,13?,14-,17-/m1/s1. The number of nitrogens with two attached hydrogens (primary N) is 1. The Balaban J connectivity index is 1.46. The smallest absolute Gasteiger partial charge is 0.332 e. The lowest BCUT2D eigenvalue weighted by atomic mass is 10.1. The van der Waals surface area contributed by atoms with Gasteiger partial charge < -0.3 is 30.2 Å². The predicted octanol–water partition coefficient (Wildman–Crippen LogP) is -1.24. The second-order valence-corrected chi connectivity index (χ2v) is 6.12. The second kappa shape index (κ2) is 8.89. The first kappa shape index (κ1) is 19.9. The van der Waals surface area contributed by atoms with Crippen molar-refractivity contribution in [1.82, 2.24) is 14.8 Å². The maximum absolute atomic E-state index is 11.8. The fourth-order valence-electron chi connectivity index (χ4n) is 2.64. The van der Waals surface area contributed by atoms with Gasteiger partial charge in [0.2, 0.25) is 5.82 Å². The molecule has 1 saturated heterocycles. The van der Waals surface area contributed by atoms with E-state index in [4.69, 9.17) is 19.9 Å². The lowest BCUT2D eigenvalue weighted by Crippen LogP contribution is -2.34. The van der Waals surface area contributed by atoms with Gasteiger partial charge in [-0.2, -0.15) is 0 Å². The third-order valence-corrected chi connectivity index (χ3v) is 4.07. The Kier molecular flexibility index (Phi) is 6.31. The Bertz CT molecular complexity index is 813. The summed E-state index contributed by atoms with van der Waals surface area (Å²) in [4.78, 5) is 26.5. The SMILES string of the molecule is NC(=O)c1ncn([C@@H]2O[C@H](COC(=O)COCc3ccccc3)C(O)[C@H]2O)n1. The van der Waals surface area contributed by atoms with E-state index < -0.39 is 36.4 Å². The lowest BCUT2D eigenvalue weighted by molar-refractivity contribution is -0.155. The van der Waals surface area contributed by atoms with E-state index >= 15 is 0 Å². The Morgan fingerprint density at radius 3 is 2.64 bits per heavy atom. The summed E-state index contributed by atoms with van der Waals surface area (Å²) < 4.78 is 16.8. The molecule has 1 aliphatic heterocycles. The van der Waals surface area contributed by atoms with Gasteiger partial charge in [0.05, 0.1) is 6.61 Å². The number of aliphatic hydroxyl groups excluding tert-OH is 2. The highest BCUT2D eigenvalue weighted by atomic mass is 16.6. The molecular weight excluding hydrogens is 372 g/mol. The highest BCUT2D eigenvalue weighted by Crippen LogP contribution is 2.28. The van der Waals surface area contributed by atoms with Crippen LogP contribution in [-0.2, 0) is 25.6 Å². The third kappa shape index (κ3) is 4.70. The zero-order valence-electron chi connectivity index (χ0n) is 14.7. The number of aliphatic hydroxyl groups is 2. The number of carbonyl (C=O) groups is 2. The Hall–Kier alpha value is -2.86. The normalized spacial score (nSPS) is 24.2. The van der Waals surface area contributed by atoms with Gasteiger partial charge in [0, 0.05) is 0 Å². The van der Waals surface area contributed by atoms with E-state index in [0.717, 1.165) is 16.6 Å². The molecule has 150 valence electrons. The molecule has 1 aliphatic rings. The Labute approximate surface area is 159 Å². The average Bonchev–Trinajstić information content (AvgIpc) is 3.27. The number of benzene rings is 1. The van der Waals surface area contributed by atoms with Crippen molar-refractivity contribution in [2.75, 3.05) is 13.2 Å². The number of hydrogen-bond donors (Lipinski definition) is 3. The molecule has 28 heavy (non-hydrogen) atoms. The number of aromatic nitrogens is 3. The molecule has 0 aliphatic carbocycles. The van der Waals surface area contributed by atoms with Crippen LogP contribution >= 0.6 is 0 Å².